The molecule has 0 bridgehead atoms. The van der Waals surface area contributed by atoms with Crippen molar-refractivity contribution < 1.29 is 4.74 Å². The summed E-state index contributed by atoms with van der Waals surface area (Å²) < 4.78 is 6.27. The van der Waals surface area contributed by atoms with Crippen LogP contribution in [0.5, 0.6) is 5.75 Å². The summed E-state index contributed by atoms with van der Waals surface area (Å²) in [6.07, 6.45) is 0. The second-order valence-electron chi connectivity index (χ2n) is 3.93. The Morgan fingerprint density at radius 1 is 1.16 bits per heavy atom. The highest BCUT2D eigenvalue weighted by atomic mass is 79.9. The standard InChI is InChI=1S/C14H12BrCl2NO/c1-19-14-5-3-11(16)7-13(14)18-8-9-6-10(15)2-4-12(9)17/h2-7,18H,8H2,1H3. The van der Waals surface area contributed by atoms with Crippen molar-refractivity contribution in [2.24, 2.45) is 0 Å². The van der Waals surface area contributed by atoms with Gasteiger partial charge in [-0.05, 0) is 42.0 Å². The molecule has 2 nitrogen and oxygen atoms in total. The van der Waals surface area contributed by atoms with Crippen molar-refractivity contribution in [3.05, 3.63) is 56.5 Å². The Morgan fingerprint density at radius 3 is 2.68 bits per heavy atom. The molecule has 19 heavy (non-hydrogen) atoms. The first kappa shape index (κ1) is 14.5. The predicted molar refractivity (Wildman–Crippen MR) is 84.5 cm³/mol. The number of halogens is 3. The molecular weight excluding hydrogens is 349 g/mol. The molecule has 0 aliphatic heterocycles. The number of ether oxygens (including phenoxy) is 1. The Labute approximate surface area is 130 Å². The quantitative estimate of drug-likeness (QED) is 0.790. The van der Waals surface area contributed by atoms with Crippen LogP contribution in [-0.4, -0.2) is 7.11 Å². The van der Waals surface area contributed by atoms with Gasteiger partial charge in [0.2, 0.25) is 0 Å². The molecule has 100 valence electrons. The van der Waals surface area contributed by atoms with E-state index in [-0.39, 0.29) is 0 Å². The van der Waals surface area contributed by atoms with E-state index in [1.54, 1.807) is 13.2 Å². The van der Waals surface area contributed by atoms with Gasteiger partial charge in [0.1, 0.15) is 5.75 Å². The van der Waals surface area contributed by atoms with Crippen molar-refractivity contribution in [3.8, 4) is 5.75 Å². The van der Waals surface area contributed by atoms with Crippen molar-refractivity contribution in [2.75, 3.05) is 12.4 Å². The van der Waals surface area contributed by atoms with Crippen LogP contribution in [0.4, 0.5) is 5.69 Å². The Morgan fingerprint density at radius 2 is 1.95 bits per heavy atom. The Balaban J connectivity index is 2.18. The maximum atomic E-state index is 6.15. The molecule has 0 aliphatic carbocycles. The van der Waals surface area contributed by atoms with E-state index in [0.717, 1.165) is 26.5 Å². The first-order valence-electron chi connectivity index (χ1n) is 5.61. The molecule has 0 saturated carbocycles. The average Bonchev–Trinajstić information content (AvgIpc) is 2.40. The van der Waals surface area contributed by atoms with E-state index < -0.39 is 0 Å². The lowest BCUT2D eigenvalue weighted by Crippen LogP contribution is -2.02. The van der Waals surface area contributed by atoms with Crippen molar-refractivity contribution in [1.29, 1.82) is 0 Å². The Hall–Kier alpha value is -0.900. The molecular formula is C14H12BrCl2NO. The van der Waals surface area contributed by atoms with Crippen LogP contribution in [0.3, 0.4) is 0 Å². The molecule has 0 aromatic heterocycles. The lowest BCUT2D eigenvalue weighted by atomic mass is 10.2. The molecule has 0 spiro atoms. The van der Waals surface area contributed by atoms with Gasteiger partial charge in [0.05, 0.1) is 12.8 Å². The largest absolute Gasteiger partial charge is 0.495 e. The van der Waals surface area contributed by atoms with E-state index in [9.17, 15) is 0 Å². The van der Waals surface area contributed by atoms with E-state index in [2.05, 4.69) is 21.2 Å². The molecule has 0 radical (unpaired) electrons. The third-order valence-corrected chi connectivity index (χ3v) is 3.74. The van der Waals surface area contributed by atoms with E-state index in [4.69, 9.17) is 27.9 Å². The third kappa shape index (κ3) is 3.78. The van der Waals surface area contributed by atoms with Gasteiger partial charge in [-0.3, -0.25) is 0 Å². The van der Waals surface area contributed by atoms with Crippen LogP contribution in [0.15, 0.2) is 40.9 Å². The molecule has 1 N–H and O–H groups in total. The maximum Gasteiger partial charge on any atom is 0.142 e. The number of hydrogen-bond acceptors (Lipinski definition) is 2. The Kier molecular flexibility index (Phi) is 4.97. The SMILES string of the molecule is COc1ccc(Cl)cc1NCc1cc(Br)ccc1Cl. The molecule has 5 heteroatoms. The fourth-order valence-corrected chi connectivity index (χ4v) is 2.45. The van der Waals surface area contributed by atoms with Gasteiger partial charge in [0.25, 0.3) is 0 Å². The number of anilines is 1. The lowest BCUT2D eigenvalue weighted by Gasteiger charge is -2.12. The van der Waals surface area contributed by atoms with Gasteiger partial charge in [-0.2, -0.15) is 0 Å². The van der Waals surface area contributed by atoms with Crippen molar-refractivity contribution in [3.63, 3.8) is 0 Å². The summed E-state index contributed by atoms with van der Waals surface area (Å²) in [5.41, 5.74) is 1.84. The topological polar surface area (TPSA) is 21.3 Å². The molecule has 0 unspecified atom stereocenters. The normalized spacial score (nSPS) is 10.3. The zero-order valence-electron chi connectivity index (χ0n) is 10.2. The average molecular weight is 361 g/mol. The molecule has 2 aromatic carbocycles. The number of nitrogens with one attached hydrogen (secondary N) is 1. The van der Waals surface area contributed by atoms with Crippen molar-refractivity contribution in [2.45, 2.75) is 6.54 Å². The maximum absolute atomic E-state index is 6.15. The predicted octanol–water partition coefficient (Wildman–Crippen LogP) is 5.38. The van der Waals surface area contributed by atoms with Crippen LogP contribution in [0, 0.1) is 0 Å². The molecule has 0 heterocycles. The summed E-state index contributed by atoms with van der Waals surface area (Å²) in [7, 11) is 1.63. The highest BCUT2D eigenvalue weighted by Crippen LogP contribution is 2.29. The van der Waals surface area contributed by atoms with E-state index in [1.165, 1.54) is 0 Å². The third-order valence-electron chi connectivity index (χ3n) is 2.64. The second kappa shape index (κ2) is 6.51. The Bertz CT molecular complexity index is 590. The summed E-state index contributed by atoms with van der Waals surface area (Å²) >= 11 is 15.6. The molecule has 0 aliphatic rings. The molecule has 2 rings (SSSR count). The summed E-state index contributed by atoms with van der Waals surface area (Å²) in [6.45, 7) is 0.592. The molecule has 0 fully saturated rings. The van der Waals surface area contributed by atoms with Crippen LogP contribution < -0.4 is 10.1 Å². The van der Waals surface area contributed by atoms with Crippen LogP contribution >= 0.6 is 39.1 Å². The number of rotatable bonds is 4. The van der Waals surface area contributed by atoms with Crippen LogP contribution in [0.2, 0.25) is 10.0 Å². The van der Waals surface area contributed by atoms with Gasteiger partial charge in [0, 0.05) is 21.1 Å². The molecule has 2 aromatic rings. The minimum absolute atomic E-state index is 0.592. The van der Waals surface area contributed by atoms with E-state index in [0.29, 0.717) is 11.6 Å². The minimum atomic E-state index is 0.592. The van der Waals surface area contributed by atoms with Crippen molar-refractivity contribution >= 4 is 44.8 Å². The van der Waals surface area contributed by atoms with Gasteiger partial charge in [-0.1, -0.05) is 39.1 Å². The number of benzene rings is 2. The lowest BCUT2D eigenvalue weighted by molar-refractivity contribution is 0.416. The molecule has 0 amide bonds. The number of hydrogen-bond donors (Lipinski definition) is 1. The van der Waals surface area contributed by atoms with Crippen LogP contribution in [-0.2, 0) is 6.54 Å². The van der Waals surface area contributed by atoms with Crippen LogP contribution in [0.1, 0.15) is 5.56 Å². The minimum Gasteiger partial charge on any atom is -0.495 e. The van der Waals surface area contributed by atoms with E-state index in [1.807, 2.05) is 30.3 Å². The molecule has 0 saturated heterocycles. The first-order valence-corrected chi connectivity index (χ1v) is 7.16. The number of methoxy groups -OCH3 is 1. The summed E-state index contributed by atoms with van der Waals surface area (Å²) in [4.78, 5) is 0. The zero-order valence-corrected chi connectivity index (χ0v) is 13.3. The second-order valence-corrected chi connectivity index (χ2v) is 5.69. The molecule has 0 atom stereocenters. The fourth-order valence-electron chi connectivity index (χ4n) is 1.69. The van der Waals surface area contributed by atoms with Crippen molar-refractivity contribution in [1.82, 2.24) is 0 Å². The zero-order chi connectivity index (χ0) is 13.8. The van der Waals surface area contributed by atoms with Gasteiger partial charge >= 0.3 is 0 Å². The van der Waals surface area contributed by atoms with Gasteiger partial charge in [0.15, 0.2) is 0 Å². The highest BCUT2D eigenvalue weighted by molar-refractivity contribution is 9.10. The monoisotopic (exact) mass is 359 g/mol. The van der Waals surface area contributed by atoms with Gasteiger partial charge in [-0.25, -0.2) is 0 Å². The summed E-state index contributed by atoms with van der Waals surface area (Å²) in [6, 6.07) is 11.2. The summed E-state index contributed by atoms with van der Waals surface area (Å²) in [5, 5.41) is 4.65. The highest BCUT2D eigenvalue weighted by Gasteiger charge is 2.05. The first-order chi connectivity index (χ1) is 9.10. The summed E-state index contributed by atoms with van der Waals surface area (Å²) in [5.74, 6) is 0.746. The van der Waals surface area contributed by atoms with E-state index >= 15 is 0 Å². The van der Waals surface area contributed by atoms with Gasteiger partial charge < -0.3 is 10.1 Å². The van der Waals surface area contributed by atoms with Gasteiger partial charge in [-0.15, -0.1) is 0 Å². The smallest absolute Gasteiger partial charge is 0.142 e. The fraction of sp³-hybridized carbons (Fsp3) is 0.143. The van der Waals surface area contributed by atoms with Crippen LogP contribution in [0.25, 0.3) is 0 Å².